The Kier molecular flexibility index (Phi) is 7.29. The molecule has 1 fully saturated rings. The summed E-state index contributed by atoms with van der Waals surface area (Å²) < 4.78 is 5.75. The molecule has 0 spiro atoms. The van der Waals surface area contributed by atoms with Gasteiger partial charge in [0.15, 0.2) is 0 Å². The van der Waals surface area contributed by atoms with Crippen LogP contribution in [0.4, 0.5) is 0 Å². The quantitative estimate of drug-likeness (QED) is 0.744. The number of para-hydroxylation sites is 1. The summed E-state index contributed by atoms with van der Waals surface area (Å²) in [6.45, 7) is 9.16. The van der Waals surface area contributed by atoms with Crippen LogP contribution in [0.1, 0.15) is 38.7 Å². The second kappa shape index (κ2) is 9.44. The Hall–Kier alpha value is -2.04. The maximum Gasteiger partial charge on any atom is 0.225 e. The molecule has 0 unspecified atom stereocenters. The number of ether oxygens (including phenoxy) is 1. The molecule has 1 saturated heterocycles. The lowest BCUT2D eigenvalue weighted by molar-refractivity contribution is -0.135. The highest BCUT2D eigenvalue weighted by atomic mass is 16.5. The number of rotatable bonds is 6. The van der Waals surface area contributed by atoms with E-state index in [1.54, 1.807) is 0 Å². The van der Waals surface area contributed by atoms with Gasteiger partial charge in [-0.2, -0.15) is 0 Å². The van der Waals surface area contributed by atoms with E-state index in [4.69, 9.17) is 4.74 Å². The summed E-state index contributed by atoms with van der Waals surface area (Å²) in [4.78, 5) is 28.3. The predicted molar refractivity (Wildman–Crippen MR) is 98.5 cm³/mol. The normalized spacial score (nSPS) is 15.2. The minimum atomic E-state index is 0.0147. The van der Waals surface area contributed by atoms with Gasteiger partial charge in [-0.1, -0.05) is 32.0 Å². The summed E-state index contributed by atoms with van der Waals surface area (Å²) in [5.41, 5.74) is 1.11. The van der Waals surface area contributed by atoms with Crippen molar-refractivity contribution in [2.45, 2.75) is 40.0 Å². The van der Waals surface area contributed by atoms with Crippen molar-refractivity contribution in [1.82, 2.24) is 9.80 Å². The van der Waals surface area contributed by atoms with Gasteiger partial charge in [0.2, 0.25) is 11.8 Å². The van der Waals surface area contributed by atoms with Crippen molar-refractivity contribution in [3.05, 3.63) is 29.8 Å². The largest absolute Gasteiger partial charge is 0.493 e. The van der Waals surface area contributed by atoms with Crippen molar-refractivity contribution < 1.29 is 14.3 Å². The average Bonchev–Trinajstić information content (AvgIpc) is 2.85. The molecule has 1 aliphatic heterocycles. The minimum Gasteiger partial charge on any atom is -0.493 e. The Bertz CT molecular complexity index is 586. The molecule has 5 heteroatoms. The fraction of sp³-hybridized carbons (Fsp3) is 0.600. The van der Waals surface area contributed by atoms with Crippen molar-refractivity contribution in [1.29, 1.82) is 0 Å². The van der Waals surface area contributed by atoms with Gasteiger partial charge in [0.05, 0.1) is 6.61 Å². The van der Waals surface area contributed by atoms with E-state index in [1.807, 2.05) is 54.8 Å². The van der Waals surface area contributed by atoms with Crippen LogP contribution in [0, 0.1) is 12.8 Å². The van der Waals surface area contributed by atoms with Gasteiger partial charge in [0, 0.05) is 38.5 Å². The van der Waals surface area contributed by atoms with Crippen LogP contribution in [-0.2, 0) is 9.59 Å². The van der Waals surface area contributed by atoms with Gasteiger partial charge in [-0.15, -0.1) is 0 Å². The van der Waals surface area contributed by atoms with Gasteiger partial charge in [-0.25, -0.2) is 0 Å². The Morgan fingerprint density at radius 2 is 1.76 bits per heavy atom. The summed E-state index contributed by atoms with van der Waals surface area (Å²) in [6, 6.07) is 7.90. The van der Waals surface area contributed by atoms with E-state index in [0.717, 1.165) is 30.8 Å². The molecule has 1 aliphatic rings. The molecule has 0 bridgehead atoms. The fourth-order valence-corrected chi connectivity index (χ4v) is 3.03. The molecule has 0 saturated carbocycles. The van der Waals surface area contributed by atoms with E-state index in [0.29, 0.717) is 32.5 Å². The predicted octanol–water partition coefficient (Wildman–Crippen LogP) is 2.87. The van der Waals surface area contributed by atoms with Gasteiger partial charge in [-0.3, -0.25) is 9.59 Å². The Labute approximate surface area is 150 Å². The van der Waals surface area contributed by atoms with Crippen LogP contribution >= 0.6 is 0 Å². The van der Waals surface area contributed by atoms with Crippen LogP contribution in [0.3, 0.4) is 0 Å². The lowest BCUT2D eigenvalue weighted by Crippen LogP contribution is -2.39. The van der Waals surface area contributed by atoms with E-state index in [1.165, 1.54) is 0 Å². The zero-order valence-electron chi connectivity index (χ0n) is 15.7. The number of carbonyl (C=O) groups excluding carboxylic acids is 2. The minimum absolute atomic E-state index is 0.0147. The highest BCUT2D eigenvalue weighted by Gasteiger charge is 2.23. The first-order chi connectivity index (χ1) is 12.0. The molecule has 0 N–H and O–H groups in total. The van der Waals surface area contributed by atoms with Crippen LogP contribution in [0.5, 0.6) is 5.75 Å². The molecule has 2 amide bonds. The molecule has 0 aromatic heterocycles. The zero-order chi connectivity index (χ0) is 18.2. The van der Waals surface area contributed by atoms with Gasteiger partial charge in [-0.05, 0) is 31.4 Å². The van der Waals surface area contributed by atoms with E-state index < -0.39 is 0 Å². The van der Waals surface area contributed by atoms with Crippen LogP contribution < -0.4 is 4.74 Å². The smallest absolute Gasteiger partial charge is 0.225 e. The summed E-state index contributed by atoms with van der Waals surface area (Å²) in [5, 5.41) is 0. The molecule has 1 heterocycles. The third kappa shape index (κ3) is 5.76. The van der Waals surface area contributed by atoms with Crippen molar-refractivity contribution in [2.24, 2.45) is 5.92 Å². The summed E-state index contributed by atoms with van der Waals surface area (Å²) in [5.74, 6) is 1.24. The number of carbonyl (C=O) groups is 2. The lowest BCUT2D eigenvalue weighted by Gasteiger charge is -2.23. The van der Waals surface area contributed by atoms with Crippen LogP contribution in [0.15, 0.2) is 24.3 Å². The zero-order valence-corrected chi connectivity index (χ0v) is 15.7. The second-order valence-electron chi connectivity index (χ2n) is 6.93. The van der Waals surface area contributed by atoms with Crippen molar-refractivity contribution in [3.63, 3.8) is 0 Å². The van der Waals surface area contributed by atoms with Gasteiger partial charge < -0.3 is 14.5 Å². The number of nitrogens with zero attached hydrogens (tertiary/aromatic N) is 2. The monoisotopic (exact) mass is 346 g/mol. The topological polar surface area (TPSA) is 49.9 Å². The van der Waals surface area contributed by atoms with Crippen molar-refractivity contribution >= 4 is 11.8 Å². The standard InChI is InChI=1S/C20H30N2O3/c1-16(2)20(24)22-12-7-11-21(13-14-22)19(23)10-6-15-25-18-9-5-4-8-17(18)3/h4-5,8-9,16H,6-7,10-15H2,1-3H3. The summed E-state index contributed by atoms with van der Waals surface area (Å²) >= 11 is 0. The maximum atomic E-state index is 12.4. The molecule has 2 rings (SSSR count). The Balaban J connectivity index is 1.72. The van der Waals surface area contributed by atoms with Crippen LogP contribution in [0.2, 0.25) is 0 Å². The van der Waals surface area contributed by atoms with Crippen LogP contribution in [0.25, 0.3) is 0 Å². The SMILES string of the molecule is Cc1ccccc1OCCCC(=O)N1CCCN(C(=O)C(C)C)CC1. The first-order valence-corrected chi connectivity index (χ1v) is 9.24. The number of amides is 2. The molecule has 1 aromatic carbocycles. The second-order valence-corrected chi connectivity index (χ2v) is 6.93. The van der Waals surface area contributed by atoms with Crippen LogP contribution in [-0.4, -0.2) is 54.4 Å². The molecule has 0 aliphatic carbocycles. The highest BCUT2D eigenvalue weighted by molar-refractivity contribution is 5.79. The third-order valence-corrected chi connectivity index (χ3v) is 4.54. The van der Waals surface area contributed by atoms with E-state index in [-0.39, 0.29) is 17.7 Å². The Morgan fingerprint density at radius 1 is 1.08 bits per heavy atom. The van der Waals surface area contributed by atoms with Crippen molar-refractivity contribution in [3.8, 4) is 5.75 Å². The molecular weight excluding hydrogens is 316 g/mol. The van der Waals surface area contributed by atoms with Gasteiger partial charge in [0.25, 0.3) is 0 Å². The van der Waals surface area contributed by atoms with E-state index in [9.17, 15) is 9.59 Å². The number of hydrogen-bond acceptors (Lipinski definition) is 3. The molecular formula is C20H30N2O3. The Morgan fingerprint density at radius 3 is 2.48 bits per heavy atom. The molecule has 0 atom stereocenters. The first-order valence-electron chi connectivity index (χ1n) is 9.24. The summed E-state index contributed by atoms with van der Waals surface area (Å²) in [7, 11) is 0. The summed E-state index contributed by atoms with van der Waals surface area (Å²) in [6.07, 6.45) is 2.05. The fourth-order valence-electron chi connectivity index (χ4n) is 3.03. The van der Waals surface area contributed by atoms with E-state index in [2.05, 4.69) is 0 Å². The first kappa shape index (κ1) is 19.3. The number of aryl methyl sites for hydroxylation is 1. The molecule has 5 nitrogen and oxygen atoms in total. The molecule has 25 heavy (non-hydrogen) atoms. The number of hydrogen-bond donors (Lipinski definition) is 0. The lowest BCUT2D eigenvalue weighted by atomic mass is 10.2. The molecule has 0 radical (unpaired) electrons. The molecule has 138 valence electrons. The highest BCUT2D eigenvalue weighted by Crippen LogP contribution is 2.16. The molecule has 1 aromatic rings. The van der Waals surface area contributed by atoms with E-state index >= 15 is 0 Å². The maximum absolute atomic E-state index is 12.4. The van der Waals surface area contributed by atoms with Gasteiger partial charge >= 0.3 is 0 Å². The average molecular weight is 346 g/mol. The van der Waals surface area contributed by atoms with Crippen molar-refractivity contribution in [2.75, 3.05) is 32.8 Å². The third-order valence-electron chi connectivity index (χ3n) is 4.54. The van der Waals surface area contributed by atoms with Gasteiger partial charge in [0.1, 0.15) is 5.75 Å². The number of benzene rings is 1.